The molecular formula is C21H26FN3O2. The van der Waals surface area contributed by atoms with E-state index in [9.17, 15) is 9.18 Å². The van der Waals surface area contributed by atoms with Gasteiger partial charge in [-0.15, -0.1) is 0 Å². The SMILES string of the molecule is CC(C)(C(=O)NC[C@@H](c1cccnc1)N1CCOCC1)c1cccc(F)c1. The van der Waals surface area contributed by atoms with Crippen LogP contribution in [0.1, 0.15) is 31.0 Å². The lowest BCUT2D eigenvalue weighted by molar-refractivity contribution is -0.126. The van der Waals surface area contributed by atoms with Gasteiger partial charge < -0.3 is 10.1 Å². The average molecular weight is 371 g/mol. The first-order chi connectivity index (χ1) is 13.0. The number of rotatable bonds is 6. The van der Waals surface area contributed by atoms with Crippen molar-refractivity contribution in [3.05, 3.63) is 65.7 Å². The molecule has 27 heavy (non-hydrogen) atoms. The van der Waals surface area contributed by atoms with Crippen LogP contribution in [0, 0.1) is 5.82 Å². The number of carbonyl (C=O) groups is 1. The van der Waals surface area contributed by atoms with Gasteiger partial charge in [0, 0.05) is 32.0 Å². The van der Waals surface area contributed by atoms with Crippen molar-refractivity contribution in [3.8, 4) is 0 Å². The van der Waals surface area contributed by atoms with Crippen molar-refractivity contribution in [2.45, 2.75) is 25.3 Å². The van der Waals surface area contributed by atoms with Gasteiger partial charge in [-0.3, -0.25) is 14.7 Å². The molecule has 0 saturated carbocycles. The van der Waals surface area contributed by atoms with Crippen molar-refractivity contribution in [2.24, 2.45) is 0 Å². The van der Waals surface area contributed by atoms with Crippen LogP contribution in [0.25, 0.3) is 0 Å². The van der Waals surface area contributed by atoms with E-state index in [0.29, 0.717) is 25.3 Å². The van der Waals surface area contributed by atoms with Crippen LogP contribution in [0.4, 0.5) is 4.39 Å². The highest BCUT2D eigenvalue weighted by molar-refractivity contribution is 5.87. The van der Waals surface area contributed by atoms with Crippen molar-refractivity contribution in [3.63, 3.8) is 0 Å². The minimum Gasteiger partial charge on any atom is -0.379 e. The number of aromatic nitrogens is 1. The average Bonchev–Trinajstić information content (AvgIpc) is 2.69. The predicted molar refractivity (Wildman–Crippen MR) is 102 cm³/mol. The molecule has 0 radical (unpaired) electrons. The quantitative estimate of drug-likeness (QED) is 0.848. The number of amides is 1. The zero-order valence-electron chi connectivity index (χ0n) is 15.8. The van der Waals surface area contributed by atoms with Gasteiger partial charge in [0.1, 0.15) is 5.82 Å². The number of pyridine rings is 1. The highest BCUT2D eigenvalue weighted by atomic mass is 19.1. The Hall–Kier alpha value is -2.31. The molecule has 3 rings (SSSR count). The smallest absolute Gasteiger partial charge is 0.230 e. The van der Waals surface area contributed by atoms with Crippen LogP contribution in [-0.4, -0.2) is 48.6 Å². The summed E-state index contributed by atoms with van der Waals surface area (Å²) in [6.07, 6.45) is 3.58. The molecule has 2 heterocycles. The molecule has 1 atom stereocenters. The summed E-state index contributed by atoms with van der Waals surface area (Å²) in [5.74, 6) is -0.467. The first-order valence-electron chi connectivity index (χ1n) is 9.24. The third kappa shape index (κ3) is 4.70. The van der Waals surface area contributed by atoms with Crippen molar-refractivity contribution in [1.29, 1.82) is 0 Å². The number of benzene rings is 1. The van der Waals surface area contributed by atoms with Crippen molar-refractivity contribution in [1.82, 2.24) is 15.2 Å². The van der Waals surface area contributed by atoms with Crippen LogP contribution in [0.5, 0.6) is 0 Å². The maximum atomic E-state index is 13.6. The summed E-state index contributed by atoms with van der Waals surface area (Å²) in [6.45, 7) is 7.06. The van der Waals surface area contributed by atoms with Gasteiger partial charge in [0.05, 0.1) is 24.7 Å². The Morgan fingerprint density at radius 1 is 1.30 bits per heavy atom. The third-order valence-corrected chi connectivity index (χ3v) is 5.13. The van der Waals surface area contributed by atoms with Gasteiger partial charge in [0.2, 0.25) is 5.91 Å². The molecule has 6 heteroatoms. The van der Waals surface area contributed by atoms with Gasteiger partial charge in [-0.1, -0.05) is 18.2 Å². The largest absolute Gasteiger partial charge is 0.379 e. The van der Waals surface area contributed by atoms with Crippen LogP contribution in [0.15, 0.2) is 48.8 Å². The maximum absolute atomic E-state index is 13.6. The van der Waals surface area contributed by atoms with Crippen molar-refractivity contribution in [2.75, 3.05) is 32.8 Å². The number of nitrogens with one attached hydrogen (secondary N) is 1. The van der Waals surface area contributed by atoms with E-state index in [2.05, 4.69) is 15.2 Å². The second-order valence-corrected chi connectivity index (χ2v) is 7.30. The minimum absolute atomic E-state index is 0.0230. The number of morpholine rings is 1. The highest BCUT2D eigenvalue weighted by Crippen LogP contribution is 2.25. The number of carbonyl (C=O) groups excluding carboxylic acids is 1. The number of halogens is 1. The van der Waals surface area contributed by atoms with Gasteiger partial charge in [0.25, 0.3) is 0 Å². The molecule has 1 aromatic heterocycles. The van der Waals surface area contributed by atoms with Crippen LogP contribution in [-0.2, 0) is 14.9 Å². The lowest BCUT2D eigenvalue weighted by Crippen LogP contribution is -2.47. The second-order valence-electron chi connectivity index (χ2n) is 7.30. The molecule has 1 fully saturated rings. The molecule has 1 amide bonds. The molecule has 1 aromatic carbocycles. The lowest BCUT2D eigenvalue weighted by atomic mass is 9.83. The highest BCUT2D eigenvalue weighted by Gasteiger charge is 2.31. The van der Waals surface area contributed by atoms with Crippen LogP contribution in [0.3, 0.4) is 0 Å². The molecule has 0 aliphatic carbocycles. The topological polar surface area (TPSA) is 54.5 Å². The Bertz CT molecular complexity index is 761. The Balaban J connectivity index is 1.73. The first-order valence-corrected chi connectivity index (χ1v) is 9.24. The number of ether oxygens (including phenoxy) is 1. The van der Waals surface area contributed by atoms with Crippen LogP contribution in [0.2, 0.25) is 0 Å². The zero-order valence-corrected chi connectivity index (χ0v) is 15.8. The molecule has 0 bridgehead atoms. The van der Waals surface area contributed by atoms with Gasteiger partial charge in [-0.05, 0) is 43.2 Å². The van der Waals surface area contributed by atoms with Crippen LogP contribution >= 0.6 is 0 Å². The standard InChI is InChI=1S/C21H26FN3O2/c1-21(2,17-6-3-7-18(22)13-17)20(26)24-15-19(16-5-4-8-23-14-16)25-9-11-27-12-10-25/h3-8,13-14,19H,9-12,15H2,1-2H3,(H,24,26)/t19-/m0/s1. The fraction of sp³-hybridized carbons (Fsp3) is 0.429. The van der Waals surface area contributed by atoms with E-state index < -0.39 is 5.41 Å². The van der Waals surface area contributed by atoms with E-state index in [-0.39, 0.29) is 17.8 Å². The molecular weight excluding hydrogens is 345 g/mol. The zero-order chi connectivity index (χ0) is 19.3. The van der Waals surface area contributed by atoms with Crippen LogP contribution < -0.4 is 5.32 Å². The maximum Gasteiger partial charge on any atom is 0.230 e. The van der Waals surface area contributed by atoms with E-state index in [0.717, 1.165) is 18.7 Å². The summed E-state index contributed by atoms with van der Waals surface area (Å²) < 4.78 is 19.0. The summed E-state index contributed by atoms with van der Waals surface area (Å²) in [5.41, 5.74) is 0.889. The predicted octanol–water partition coefficient (Wildman–Crippen LogP) is 2.69. The van der Waals surface area contributed by atoms with Crippen molar-refractivity contribution < 1.29 is 13.9 Å². The molecule has 1 aliphatic rings. The molecule has 144 valence electrons. The van der Waals surface area contributed by atoms with E-state index in [1.54, 1.807) is 18.3 Å². The monoisotopic (exact) mass is 371 g/mol. The van der Waals surface area contributed by atoms with Crippen molar-refractivity contribution >= 4 is 5.91 Å². The Kier molecular flexibility index (Phi) is 6.19. The Morgan fingerprint density at radius 3 is 2.74 bits per heavy atom. The van der Waals surface area contributed by atoms with E-state index in [4.69, 9.17) is 4.74 Å². The first kappa shape index (κ1) is 19.5. The van der Waals surface area contributed by atoms with E-state index in [1.807, 2.05) is 32.2 Å². The second kappa shape index (κ2) is 8.59. The number of hydrogen-bond donors (Lipinski definition) is 1. The van der Waals surface area contributed by atoms with E-state index >= 15 is 0 Å². The number of hydrogen-bond acceptors (Lipinski definition) is 4. The summed E-state index contributed by atoms with van der Waals surface area (Å²) in [7, 11) is 0. The molecule has 1 saturated heterocycles. The van der Waals surface area contributed by atoms with Gasteiger partial charge in [-0.25, -0.2) is 4.39 Å². The summed E-state index contributed by atoms with van der Waals surface area (Å²) in [6, 6.07) is 10.2. The molecule has 1 N–H and O–H groups in total. The molecule has 0 unspecified atom stereocenters. The summed E-state index contributed by atoms with van der Waals surface area (Å²) in [5, 5.41) is 3.07. The Labute approximate surface area is 159 Å². The minimum atomic E-state index is -0.827. The molecule has 5 nitrogen and oxygen atoms in total. The van der Waals surface area contributed by atoms with Gasteiger partial charge in [0.15, 0.2) is 0 Å². The lowest BCUT2D eigenvalue weighted by Gasteiger charge is -2.35. The molecule has 2 aromatic rings. The fourth-order valence-corrected chi connectivity index (χ4v) is 3.34. The Morgan fingerprint density at radius 2 is 2.07 bits per heavy atom. The summed E-state index contributed by atoms with van der Waals surface area (Å²) in [4.78, 5) is 19.4. The fourth-order valence-electron chi connectivity index (χ4n) is 3.34. The number of nitrogens with zero attached hydrogens (tertiary/aromatic N) is 2. The van der Waals surface area contributed by atoms with Gasteiger partial charge >= 0.3 is 0 Å². The molecule has 1 aliphatic heterocycles. The van der Waals surface area contributed by atoms with E-state index in [1.165, 1.54) is 12.1 Å². The normalized spacial score (nSPS) is 16.7. The van der Waals surface area contributed by atoms with Gasteiger partial charge in [-0.2, -0.15) is 0 Å². The summed E-state index contributed by atoms with van der Waals surface area (Å²) >= 11 is 0. The molecule has 0 spiro atoms. The third-order valence-electron chi connectivity index (χ3n) is 5.13.